The molecular formula is C28H55O2P. The van der Waals surface area contributed by atoms with E-state index in [1.807, 2.05) is 0 Å². The van der Waals surface area contributed by atoms with E-state index >= 15 is 0 Å². The minimum Gasteiger partial charge on any atom is -0.393 e. The predicted molar refractivity (Wildman–Crippen MR) is 138 cm³/mol. The van der Waals surface area contributed by atoms with E-state index in [0.717, 1.165) is 12.8 Å². The van der Waals surface area contributed by atoms with Gasteiger partial charge >= 0.3 is 0 Å². The second-order valence-electron chi connectivity index (χ2n) is 15.4. The number of hydrogen-bond donors (Lipinski definition) is 1. The van der Waals surface area contributed by atoms with Gasteiger partial charge in [0.05, 0.1) is 12.2 Å². The first kappa shape index (κ1) is 27.6. The van der Waals surface area contributed by atoms with Crippen molar-refractivity contribution in [3.05, 3.63) is 0 Å². The number of aliphatic hydroxyl groups is 1. The molecule has 0 aliphatic heterocycles. The lowest BCUT2D eigenvalue weighted by atomic mass is 9.52. The van der Waals surface area contributed by atoms with Crippen LogP contribution >= 0.6 is 9.47 Å². The Labute approximate surface area is 197 Å². The standard InChI is InChI=1S/C28H55O2P/c1-25(2,3)17-13-19(23(29)21(15-17)27(7,8)9)20-14-18(26(4,5)6)16-22(24(20)30-31)28(10,11)12/h17-24,29H,13-16,31H2,1-12H3. The second-order valence-corrected chi connectivity index (χ2v) is 15.7. The molecule has 0 bridgehead atoms. The first-order valence-electron chi connectivity index (χ1n) is 12.8. The summed E-state index contributed by atoms with van der Waals surface area (Å²) in [5, 5.41) is 11.8. The van der Waals surface area contributed by atoms with Crippen LogP contribution in [0, 0.1) is 57.2 Å². The molecule has 2 fully saturated rings. The fraction of sp³-hybridized carbons (Fsp3) is 1.00. The summed E-state index contributed by atoms with van der Waals surface area (Å²) in [6.07, 6.45) is 4.60. The average Bonchev–Trinajstić information content (AvgIpc) is 2.57. The van der Waals surface area contributed by atoms with Crippen LogP contribution in [0.15, 0.2) is 0 Å². The molecule has 0 amide bonds. The second kappa shape index (κ2) is 9.19. The summed E-state index contributed by atoms with van der Waals surface area (Å²) >= 11 is 0. The highest BCUT2D eigenvalue weighted by Gasteiger charge is 2.53. The van der Waals surface area contributed by atoms with E-state index in [1.54, 1.807) is 0 Å². The summed E-state index contributed by atoms with van der Waals surface area (Å²) in [6, 6.07) is 0. The molecule has 0 radical (unpaired) electrons. The third-order valence-electron chi connectivity index (χ3n) is 9.24. The Kier molecular flexibility index (Phi) is 8.18. The van der Waals surface area contributed by atoms with Gasteiger partial charge in [0.1, 0.15) is 0 Å². The molecule has 2 aliphatic carbocycles. The van der Waals surface area contributed by atoms with Crippen LogP contribution in [-0.4, -0.2) is 17.3 Å². The maximum absolute atomic E-state index is 11.8. The van der Waals surface area contributed by atoms with Gasteiger partial charge in [-0.25, -0.2) is 0 Å². The molecule has 2 rings (SSSR count). The first-order chi connectivity index (χ1) is 13.8. The summed E-state index contributed by atoms with van der Waals surface area (Å²) in [4.78, 5) is 0. The lowest BCUT2D eigenvalue weighted by Crippen LogP contribution is -2.54. The fourth-order valence-electron chi connectivity index (χ4n) is 6.78. The van der Waals surface area contributed by atoms with E-state index in [2.05, 4.69) is 92.6 Å². The summed E-state index contributed by atoms with van der Waals surface area (Å²) in [5.74, 6) is 2.85. The van der Waals surface area contributed by atoms with Crippen molar-refractivity contribution in [2.45, 2.75) is 121 Å². The van der Waals surface area contributed by atoms with Crippen LogP contribution in [0.5, 0.6) is 0 Å². The molecule has 2 aliphatic rings. The molecule has 9 atom stereocenters. The lowest BCUT2D eigenvalue weighted by molar-refractivity contribution is -0.134. The Morgan fingerprint density at radius 3 is 1.32 bits per heavy atom. The van der Waals surface area contributed by atoms with Gasteiger partial charge in [0, 0.05) is 9.47 Å². The molecule has 0 aromatic rings. The molecule has 9 unspecified atom stereocenters. The highest BCUT2D eigenvalue weighted by molar-refractivity contribution is 7.09. The SMILES string of the molecule is CC(C)(C)C1CC(C2CC(C(C)(C)C)CC(C(C)(C)C)C2OP)C(O)C(C(C)(C)C)C1. The highest BCUT2D eigenvalue weighted by atomic mass is 31.0. The minimum atomic E-state index is -0.245. The normalized spacial score (nSPS) is 38.9. The Hall–Kier alpha value is 0.350. The van der Waals surface area contributed by atoms with Crippen molar-refractivity contribution in [1.82, 2.24) is 0 Å². The molecule has 0 spiro atoms. The minimum absolute atomic E-state index is 0.112. The Morgan fingerprint density at radius 1 is 0.581 bits per heavy atom. The van der Waals surface area contributed by atoms with E-state index in [0.29, 0.717) is 35.5 Å². The van der Waals surface area contributed by atoms with Crippen molar-refractivity contribution < 1.29 is 9.63 Å². The molecule has 0 heterocycles. The summed E-state index contributed by atoms with van der Waals surface area (Å²) in [7, 11) is 2.61. The molecule has 31 heavy (non-hydrogen) atoms. The molecule has 1 N–H and O–H groups in total. The van der Waals surface area contributed by atoms with Gasteiger partial charge < -0.3 is 9.63 Å². The maximum atomic E-state index is 11.8. The summed E-state index contributed by atoms with van der Waals surface area (Å²) in [5.41, 5.74) is 0.844. The van der Waals surface area contributed by atoms with Crippen molar-refractivity contribution in [1.29, 1.82) is 0 Å². The third kappa shape index (κ3) is 6.27. The van der Waals surface area contributed by atoms with Gasteiger partial charge in [0.25, 0.3) is 0 Å². The van der Waals surface area contributed by atoms with E-state index in [1.165, 1.54) is 12.8 Å². The van der Waals surface area contributed by atoms with Crippen LogP contribution in [0.25, 0.3) is 0 Å². The lowest BCUT2D eigenvalue weighted by Gasteiger charge is -2.56. The van der Waals surface area contributed by atoms with Gasteiger partial charge in [0.2, 0.25) is 0 Å². The van der Waals surface area contributed by atoms with Crippen LogP contribution in [0.1, 0.15) is 109 Å². The van der Waals surface area contributed by atoms with Crippen molar-refractivity contribution in [2.24, 2.45) is 57.2 Å². The van der Waals surface area contributed by atoms with Gasteiger partial charge in [-0.2, -0.15) is 0 Å². The molecule has 0 aromatic carbocycles. The van der Waals surface area contributed by atoms with E-state index in [9.17, 15) is 5.11 Å². The van der Waals surface area contributed by atoms with E-state index in [4.69, 9.17) is 4.52 Å². The largest absolute Gasteiger partial charge is 0.393 e. The van der Waals surface area contributed by atoms with Crippen molar-refractivity contribution in [3.63, 3.8) is 0 Å². The van der Waals surface area contributed by atoms with Crippen LogP contribution in [0.3, 0.4) is 0 Å². The molecule has 3 heteroatoms. The van der Waals surface area contributed by atoms with Gasteiger partial charge in [0.15, 0.2) is 0 Å². The van der Waals surface area contributed by atoms with Gasteiger partial charge in [-0.3, -0.25) is 0 Å². The van der Waals surface area contributed by atoms with Crippen LogP contribution < -0.4 is 0 Å². The summed E-state index contributed by atoms with van der Waals surface area (Å²) in [6.45, 7) is 28.5. The fourth-order valence-corrected chi connectivity index (χ4v) is 7.17. The van der Waals surface area contributed by atoms with E-state index in [-0.39, 0.29) is 33.9 Å². The predicted octanol–water partition coefficient (Wildman–Crippen LogP) is 7.99. The Bertz CT molecular complexity index is 586. The Morgan fingerprint density at radius 2 is 0.968 bits per heavy atom. The van der Waals surface area contributed by atoms with Gasteiger partial charge in [-0.15, -0.1) is 0 Å². The van der Waals surface area contributed by atoms with E-state index < -0.39 is 0 Å². The quantitative estimate of drug-likeness (QED) is 0.428. The smallest absolute Gasteiger partial charge is 0.0675 e. The van der Waals surface area contributed by atoms with Crippen molar-refractivity contribution >= 4 is 9.47 Å². The molecule has 0 aromatic heterocycles. The highest BCUT2D eigenvalue weighted by Crippen LogP contribution is 2.57. The first-order valence-corrected chi connectivity index (χ1v) is 13.3. The average molecular weight is 455 g/mol. The number of rotatable bonds is 2. The van der Waals surface area contributed by atoms with Crippen molar-refractivity contribution in [3.8, 4) is 0 Å². The monoisotopic (exact) mass is 454 g/mol. The van der Waals surface area contributed by atoms with Gasteiger partial charge in [-0.05, 0) is 82.9 Å². The number of aliphatic hydroxyl groups excluding tert-OH is 1. The molecule has 0 saturated heterocycles. The Balaban J connectivity index is 2.52. The third-order valence-corrected chi connectivity index (χ3v) is 9.56. The van der Waals surface area contributed by atoms with Crippen LogP contribution in [0.4, 0.5) is 0 Å². The molecule has 2 saturated carbocycles. The van der Waals surface area contributed by atoms with Crippen LogP contribution in [-0.2, 0) is 4.52 Å². The zero-order valence-electron chi connectivity index (χ0n) is 22.9. The van der Waals surface area contributed by atoms with Crippen LogP contribution in [0.2, 0.25) is 0 Å². The topological polar surface area (TPSA) is 29.5 Å². The zero-order chi connectivity index (χ0) is 24.2. The van der Waals surface area contributed by atoms with Gasteiger partial charge in [-0.1, -0.05) is 83.1 Å². The summed E-state index contributed by atoms with van der Waals surface area (Å²) < 4.78 is 6.25. The molecule has 2 nitrogen and oxygen atoms in total. The molecular weight excluding hydrogens is 399 g/mol. The number of hydrogen-bond acceptors (Lipinski definition) is 2. The molecule has 184 valence electrons. The zero-order valence-corrected chi connectivity index (χ0v) is 24.0. The van der Waals surface area contributed by atoms with Crippen molar-refractivity contribution in [2.75, 3.05) is 0 Å². The maximum Gasteiger partial charge on any atom is 0.0675 e.